The maximum Gasteiger partial charge on any atom is 0.247 e. The van der Waals surface area contributed by atoms with E-state index < -0.39 is 16.1 Å². The summed E-state index contributed by atoms with van der Waals surface area (Å²) >= 11 is 0. The molecule has 0 spiro atoms. The molecule has 0 saturated heterocycles. The molecule has 1 aliphatic carbocycles. The summed E-state index contributed by atoms with van der Waals surface area (Å²) in [6.45, 7) is 5.28. The predicted molar refractivity (Wildman–Crippen MR) is 135 cm³/mol. The van der Waals surface area contributed by atoms with Gasteiger partial charge in [0.25, 0.3) is 0 Å². The number of allylic oxidation sites excluding steroid dienone is 2. The number of aliphatic hydroxyl groups excluding tert-OH is 1. The van der Waals surface area contributed by atoms with Gasteiger partial charge < -0.3 is 9.84 Å². The first kappa shape index (κ1) is 24.9. The number of sulfonamides is 1. The highest BCUT2D eigenvalue weighted by Gasteiger charge is 2.38. The second kappa shape index (κ2) is 10.6. The van der Waals surface area contributed by atoms with E-state index in [0.29, 0.717) is 18.8 Å². The summed E-state index contributed by atoms with van der Waals surface area (Å²) in [6.07, 6.45) is 5.20. The van der Waals surface area contributed by atoms with Gasteiger partial charge in [0.05, 0.1) is 6.61 Å². The molecule has 1 N–H and O–H groups in total. The lowest BCUT2D eigenvalue weighted by Gasteiger charge is -2.37. The summed E-state index contributed by atoms with van der Waals surface area (Å²) in [5.74, 6) is 0.342. The minimum Gasteiger partial charge on any atom is -0.487 e. The highest BCUT2D eigenvalue weighted by atomic mass is 32.2. The maximum absolute atomic E-state index is 13.6. The molecule has 1 aliphatic heterocycles. The highest BCUT2D eigenvalue weighted by Crippen LogP contribution is 2.37. The smallest absolute Gasteiger partial charge is 0.247 e. The number of hydrogen-bond donors (Lipinski definition) is 1. The van der Waals surface area contributed by atoms with E-state index >= 15 is 0 Å². The summed E-state index contributed by atoms with van der Waals surface area (Å²) in [7, 11) is -1.75. The first-order chi connectivity index (χ1) is 16.3. The van der Waals surface area contributed by atoms with Crippen LogP contribution in [0, 0.1) is 5.92 Å². The predicted octanol–water partition coefficient (Wildman–Crippen LogP) is 4.15. The van der Waals surface area contributed by atoms with Crippen LogP contribution >= 0.6 is 0 Å². The van der Waals surface area contributed by atoms with Crippen LogP contribution in [-0.2, 0) is 16.6 Å². The van der Waals surface area contributed by atoms with Gasteiger partial charge in [-0.2, -0.15) is 4.31 Å². The largest absolute Gasteiger partial charge is 0.487 e. The van der Waals surface area contributed by atoms with Crippen LogP contribution in [0.25, 0.3) is 5.57 Å². The fourth-order valence-corrected chi connectivity index (χ4v) is 6.67. The highest BCUT2D eigenvalue weighted by molar-refractivity contribution is 7.89. The zero-order chi connectivity index (χ0) is 24.3. The van der Waals surface area contributed by atoms with Crippen molar-refractivity contribution in [1.82, 2.24) is 9.21 Å². The van der Waals surface area contributed by atoms with Crippen LogP contribution in [0.3, 0.4) is 0 Å². The van der Waals surface area contributed by atoms with E-state index in [1.165, 1.54) is 15.4 Å². The Labute approximate surface area is 203 Å². The molecule has 2 aromatic rings. The molecule has 7 heteroatoms. The van der Waals surface area contributed by atoms with Crippen LogP contribution < -0.4 is 4.74 Å². The van der Waals surface area contributed by atoms with E-state index in [0.717, 1.165) is 31.4 Å². The molecule has 0 bridgehead atoms. The molecule has 0 unspecified atom stereocenters. The third-order valence-corrected chi connectivity index (χ3v) is 8.89. The Bertz CT molecular complexity index is 1120. The fraction of sp³-hybridized carbons (Fsp3) is 0.481. The van der Waals surface area contributed by atoms with Crippen LogP contribution in [0.15, 0.2) is 59.5 Å². The summed E-state index contributed by atoms with van der Waals surface area (Å²) < 4.78 is 35.2. The second-order valence-electron chi connectivity index (χ2n) is 9.71. The van der Waals surface area contributed by atoms with Gasteiger partial charge in [0.1, 0.15) is 16.7 Å². The van der Waals surface area contributed by atoms with Crippen molar-refractivity contribution in [2.75, 3.05) is 26.7 Å². The van der Waals surface area contributed by atoms with E-state index in [-0.39, 0.29) is 23.5 Å². The molecule has 2 aromatic carbocycles. The minimum absolute atomic E-state index is 0.0653. The lowest BCUT2D eigenvalue weighted by molar-refractivity contribution is 0.0733. The van der Waals surface area contributed by atoms with Crippen molar-refractivity contribution in [3.63, 3.8) is 0 Å². The van der Waals surface area contributed by atoms with Gasteiger partial charge in [-0.15, -0.1) is 0 Å². The van der Waals surface area contributed by atoms with Crippen molar-refractivity contribution in [3.8, 4) is 5.75 Å². The van der Waals surface area contributed by atoms with Crippen molar-refractivity contribution in [2.24, 2.45) is 5.92 Å². The Morgan fingerprint density at radius 1 is 1.21 bits per heavy atom. The number of hydrogen-bond acceptors (Lipinski definition) is 5. The number of nitrogens with zero attached hydrogens (tertiary/aromatic N) is 2. The van der Waals surface area contributed by atoms with Gasteiger partial charge in [-0.1, -0.05) is 49.4 Å². The van der Waals surface area contributed by atoms with Crippen LogP contribution in [0.2, 0.25) is 0 Å². The van der Waals surface area contributed by atoms with Crippen LogP contribution in [0.1, 0.15) is 44.2 Å². The van der Waals surface area contributed by atoms with Crippen LogP contribution in [0.4, 0.5) is 0 Å². The fourth-order valence-electron chi connectivity index (χ4n) is 4.84. The quantitative estimate of drug-likeness (QED) is 0.639. The SMILES string of the molecule is C[C@@H]1CN([C@@H](C)CO)S(=O)(=O)c2ccc(C3=CCCC3)cc2O[C@H]1CN(C)Cc1ccccc1. The number of ether oxygens (including phenoxy) is 1. The van der Waals surface area contributed by atoms with Gasteiger partial charge in [0.2, 0.25) is 10.0 Å². The Balaban J connectivity index is 1.69. The first-order valence-electron chi connectivity index (χ1n) is 12.1. The van der Waals surface area contributed by atoms with Crippen molar-refractivity contribution in [1.29, 1.82) is 0 Å². The van der Waals surface area contributed by atoms with Crippen molar-refractivity contribution in [3.05, 3.63) is 65.7 Å². The summed E-state index contributed by atoms with van der Waals surface area (Å²) in [5.41, 5.74) is 3.49. The zero-order valence-electron chi connectivity index (χ0n) is 20.4. The van der Waals surface area contributed by atoms with Gasteiger partial charge in [-0.25, -0.2) is 8.42 Å². The number of benzene rings is 2. The third-order valence-electron chi connectivity index (χ3n) is 6.87. The van der Waals surface area contributed by atoms with Gasteiger partial charge in [0.15, 0.2) is 0 Å². The maximum atomic E-state index is 13.6. The summed E-state index contributed by atoms with van der Waals surface area (Å²) in [4.78, 5) is 2.40. The summed E-state index contributed by atoms with van der Waals surface area (Å²) in [5, 5.41) is 9.83. The number of likely N-dealkylation sites (N-methyl/N-ethyl adjacent to an activating group) is 1. The molecule has 4 rings (SSSR count). The first-order valence-corrected chi connectivity index (χ1v) is 13.6. The molecule has 0 amide bonds. The van der Waals surface area contributed by atoms with Crippen LogP contribution in [0.5, 0.6) is 5.75 Å². The standard InChI is InChI=1S/C27H36N2O4S/c1-20-16-29(21(2)19-30)34(31,32)27-14-13-24(23-11-7-8-12-23)15-25(27)33-26(20)18-28(3)17-22-9-5-4-6-10-22/h4-6,9-11,13-15,20-21,26,30H,7-8,12,16-19H2,1-3H3/t20-,21+,26+/m1/s1. The lowest BCUT2D eigenvalue weighted by atomic mass is 10.0. The number of aliphatic hydroxyl groups is 1. The van der Waals surface area contributed by atoms with E-state index in [2.05, 4.69) is 30.2 Å². The van der Waals surface area contributed by atoms with Gasteiger partial charge in [0, 0.05) is 31.6 Å². The Kier molecular flexibility index (Phi) is 7.77. The normalized spacial score (nSPS) is 23.5. The molecule has 2 aliphatic rings. The van der Waals surface area contributed by atoms with Gasteiger partial charge >= 0.3 is 0 Å². The molecule has 3 atom stereocenters. The minimum atomic E-state index is -3.81. The zero-order valence-corrected chi connectivity index (χ0v) is 21.2. The monoisotopic (exact) mass is 484 g/mol. The molecule has 184 valence electrons. The molecule has 6 nitrogen and oxygen atoms in total. The Morgan fingerprint density at radius 2 is 1.97 bits per heavy atom. The molecular weight excluding hydrogens is 448 g/mol. The molecule has 34 heavy (non-hydrogen) atoms. The van der Waals surface area contributed by atoms with E-state index in [9.17, 15) is 13.5 Å². The number of fused-ring (bicyclic) bond motifs is 1. The van der Waals surface area contributed by atoms with Gasteiger partial charge in [-0.3, -0.25) is 4.90 Å². The summed E-state index contributed by atoms with van der Waals surface area (Å²) in [6, 6.07) is 15.2. The topological polar surface area (TPSA) is 70.1 Å². The van der Waals surface area contributed by atoms with Crippen molar-refractivity contribution in [2.45, 2.75) is 56.7 Å². The molecule has 0 aromatic heterocycles. The third kappa shape index (κ3) is 5.38. The van der Waals surface area contributed by atoms with Crippen molar-refractivity contribution < 1.29 is 18.3 Å². The van der Waals surface area contributed by atoms with E-state index in [1.807, 2.05) is 37.3 Å². The molecule has 1 heterocycles. The Morgan fingerprint density at radius 3 is 2.65 bits per heavy atom. The van der Waals surface area contributed by atoms with Crippen molar-refractivity contribution >= 4 is 15.6 Å². The molecule has 0 saturated carbocycles. The number of rotatable bonds is 7. The Hall–Kier alpha value is -2.19. The van der Waals surface area contributed by atoms with E-state index in [4.69, 9.17) is 4.74 Å². The molecule has 0 radical (unpaired) electrons. The average Bonchev–Trinajstić information content (AvgIpc) is 3.36. The second-order valence-corrected chi connectivity index (χ2v) is 11.6. The van der Waals surface area contributed by atoms with Crippen LogP contribution in [-0.4, -0.2) is 61.6 Å². The molecule has 0 fully saturated rings. The lowest BCUT2D eigenvalue weighted by Crippen LogP contribution is -2.49. The van der Waals surface area contributed by atoms with Gasteiger partial charge in [-0.05, 0) is 62.1 Å². The average molecular weight is 485 g/mol. The van der Waals surface area contributed by atoms with E-state index in [1.54, 1.807) is 13.0 Å². The molecular formula is C27H36N2O4S.